The van der Waals surface area contributed by atoms with Crippen LogP contribution in [0.2, 0.25) is 0 Å². The first kappa shape index (κ1) is 18.7. The maximum Gasteiger partial charge on any atom is 0.260 e. The lowest BCUT2D eigenvalue weighted by Crippen LogP contribution is -2.42. The molecule has 0 spiro atoms. The van der Waals surface area contributed by atoms with E-state index in [1.807, 2.05) is 30.0 Å². The van der Waals surface area contributed by atoms with E-state index >= 15 is 0 Å². The summed E-state index contributed by atoms with van der Waals surface area (Å²) in [5.41, 5.74) is 1.08. The molecule has 3 heterocycles. The van der Waals surface area contributed by atoms with E-state index in [9.17, 15) is 4.79 Å². The largest absolute Gasteiger partial charge is 0.493 e. The molecule has 0 saturated carbocycles. The summed E-state index contributed by atoms with van der Waals surface area (Å²) >= 11 is 0. The minimum Gasteiger partial charge on any atom is -0.493 e. The van der Waals surface area contributed by atoms with Crippen LogP contribution in [0, 0.1) is 6.92 Å². The molecule has 2 aliphatic heterocycles. The number of carbonyl (C=O) groups is 1. The third-order valence-electron chi connectivity index (χ3n) is 5.46. The summed E-state index contributed by atoms with van der Waals surface area (Å²) in [6.07, 6.45) is 1.99. The molecule has 2 aliphatic rings. The van der Waals surface area contributed by atoms with Gasteiger partial charge in [0.1, 0.15) is 11.6 Å². The highest BCUT2D eigenvalue weighted by atomic mass is 16.5. The Kier molecular flexibility index (Phi) is 5.47. The van der Waals surface area contributed by atoms with Crippen LogP contribution < -0.4 is 14.8 Å². The highest BCUT2D eigenvalue weighted by molar-refractivity contribution is 5.78. The highest BCUT2D eigenvalue weighted by Crippen LogP contribution is 2.29. The molecular formula is C20H27N5O3. The second-order valence-corrected chi connectivity index (χ2v) is 7.42. The average molecular weight is 385 g/mol. The van der Waals surface area contributed by atoms with Gasteiger partial charge in [-0.25, -0.2) is 0 Å². The molecule has 8 heteroatoms. The van der Waals surface area contributed by atoms with Crippen molar-refractivity contribution in [3.8, 4) is 11.5 Å². The molecule has 1 aromatic carbocycles. The van der Waals surface area contributed by atoms with Gasteiger partial charge in [-0.2, -0.15) is 0 Å². The lowest BCUT2D eigenvalue weighted by atomic mass is 9.97. The molecule has 1 amide bonds. The van der Waals surface area contributed by atoms with Crippen molar-refractivity contribution in [2.24, 2.45) is 0 Å². The monoisotopic (exact) mass is 385 g/mol. The van der Waals surface area contributed by atoms with E-state index in [4.69, 9.17) is 9.47 Å². The molecule has 0 aliphatic carbocycles. The van der Waals surface area contributed by atoms with Crippen molar-refractivity contribution in [2.75, 3.05) is 33.4 Å². The van der Waals surface area contributed by atoms with Crippen LogP contribution in [0.15, 0.2) is 18.2 Å². The zero-order valence-corrected chi connectivity index (χ0v) is 16.5. The van der Waals surface area contributed by atoms with Crippen LogP contribution in [0.5, 0.6) is 11.5 Å². The van der Waals surface area contributed by atoms with Crippen LogP contribution >= 0.6 is 0 Å². The number of amides is 1. The first-order chi connectivity index (χ1) is 13.7. The molecule has 150 valence electrons. The molecule has 0 unspecified atom stereocenters. The van der Waals surface area contributed by atoms with E-state index in [2.05, 4.69) is 20.1 Å². The van der Waals surface area contributed by atoms with Gasteiger partial charge in [0.25, 0.3) is 5.91 Å². The number of nitrogens with zero attached hydrogens (tertiary/aromatic N) is 4. The third kappa shape index (κ3) is 3.82. The molecule has 2 aromatic rings. The van der Waals surface area contributed by atoms with Gasteiger partial charge in [0.05, 0.1) is 13.7 Å². The van der Waals surface area contributed by atoms with Crippen molar-refractivity contribution in [1.82, 2.24) is 25.0 Å². The minimum absolute atomic E-state index is 0.00706. The number of piperidine rings is 1. The van der Waals surface area contributed by atoms with E-state index in [-0.39, 0.29) is 18.4 Å². The number of aromatic nitrogens is 3. The van der Waals surface area contributed by atoms with Crippen molar-refractivity contribution >= 4 is 5.91 Å². The number of nitrogens with one attached hydrogen (secondary N) is 1. The van der Waals surface area contributed by atoms with Gasteiger partial charge in [-0.1, -0.05) is 6.07 Å². The van der Waals surface area contributed by atoms with E-state index in [0.717, 1.165) is 56.2 Å². The Bertz CT molecular complexity index is 850. The number of carbonyl (C=O) groups excluding carboxylic acids is 1. The second kappa shape index (κ2) is 8.18. The predicted molar refractivity (Wildman–Crippen MR) is 104 cm³/mol. The fraction of sp³-hybridized carbons (Fsp3) is 0.550. The van der Waals surface area contributed by atoms with Crippen LogP contribution in [0.4, 0.5) is 0 Å². The van der Waals surface area contributed by atoms with E-state index < -0.39 is 0 Å². The summed E-state index contributed by atoms with van der Waals surface area (Å²) in [7, 11) is 1.60. The second-order valence-electron chi connectivity index (χ2n) is 7.42. The Hall–Kier alpha value is -2.61. The smallest absolute Gasteiger partial charge is 0.260 e. The number of fused-ring (bicyclic) bond motifs is 1. The van der Waals surface area contributed by atoms with E-state index in [1.54, 1.807) is 7.11 Å². The van der Waals surface area contributed by atoms with Crippen molar-refractivity contribution in [3.05, 3.63) is 35.4 Å². The lowest BCUT2D eigenvalue weighted by Gasteiger charge is -2.32. The molecule has 1 fully saturated rings. The van der Waals surface area contributed by atoms with Crippen molar-refractivity contribution in [3.63, 3.8) is 0 Å². The molecule has 1 N–H and O–H groups in total. The van der Waals surface area contributed by atoms with Gasteiger partial charge in [0.2, 0.25) is 0 Å². The Balaban J connectivity index is 1.39. The zero-order chi connectivity index (χ0) is 19.5. The maximum absolute atomic E-state index is 12.7. The first-order valence-corrected chi connectivity index (χ1v) is 9.83. The standard InChI is InChI=1S/C20H27N5O3/c1-14-5-6-16(17(10-14)27-2)28-13-19(26)24-8-3-4-15(12-24)20-23-22-18-11-21-7-9-25(18)20/h5-6,10,15,21H,3-4,7-9,11-13H2,1-2H3/t15-/m0/s1. The number of likely N-dealkylation sites (tertiary alicyclic amines) is 1. The van der Waals surface area contributed by atoms with Crippen molar-refractivity contribution < 1.29 is 14.3 Å². The van der Waals surface area contributed by atoms with Crippen LogP contribution in [-0.2, 0) is 17.9 Å². The fourth-order valence-corrected chi connectivity index (χ4v) is 3.96. The Morgan fingerprint density at radius 1 is 1.29 bits per heavy atom. The first-order valence-electron chi connectivity index (χ1n) is 9.83. The SMILES string of the molecule is COc1cc(C)ccc1OCC(=O)N1CCC[C@H](c2nnc3n2CCNC3)C1. The average Bonchev–Trinajstić information content (AvgIpc) is 3.17. The summed E-state index contributed by atoms with van der Waals surface area (Å²) < 4.78 is 13.3. The summed E-state index contributed by atoms with van der Waals surface area (Å²) in [4.78, 5) is 14.6. The van der Waals surface area contributed by atoms with E-state index in [0.29, 0.717) is 18.0 Å². The van der Waals surface area contributed by atoms with Crippen LogP contribution in [-0.4, -0.2) is 58.9 Å². The Labute approximate surface area is 164 Å². The minimum atomic E-state index is -0.00706. The van der Waals surface area contributed by atoms with Crippen LogP contribution in [0.1, 0.15) is 36.0 Å². The molecule has 0 radical (unpaired) electrons. The lowest BCUT2D eigenvalue weighted by molar-refractivity contribution is -0.134. The molecule has 0 bridgehead atoms. The van der Waals surface area contributed by atoms with Gasteiger partial charge >= 0.3 is 0 Å². The van der Waals surface area contributed by atoms with Crippen molar-refractivity contribution in [1.29, 1.82) is 0 Å². The van der Waals surface area contributed by atoms with Gasteiger partial charge in [-0.05, 0) is 37.5 Å². The summed E-state index contributed by atoms with van der Waals surface area (Å²) in [6, 6.07) is 5.69. The number of aryl methyl sites for hydroxylation is 1. The number of benzene rings is 1. The number of hydrogen-bond donors (Lipinski definition) is 1. The maximum atomic E-state index is 12.7. The predicted octanol–water partition coefficient (Wildman–Crippen LogP) is 1.48. The van der Waals surface area contributed by atoms with Crippen molar-refractivity contribution in [2.45, 2.75) is 38.8 Å². The van der Waals surface area contributed by atoms with E-state index in [1.165, 1.54) is 0 Å². The number of hydrogen-bond acceptors (Lipinski definition) is 6. The quantitative estimate of drug-likeness (QED) is 0.840. The highest BCUT2D eigenvalue weighted by Gasteiger charge is 2.29. The number of ether oxygens (including phenoxy) is 2. The van der Waals surface area contributed by atoms with Crippen LogP contribution in [0.25, 0.3) is 0 Å². The summed E-state index contributed by atoms with van der Waals surface area (Å²) in [5.74, 6) is 3.45. The van der Waals surface area contributed by atoms with Gasteiger partial charge in [0.15, 0.2) is 18.1 Å². The van der Waals surface area contributed by atoms with Gasteiger partial charge < -0.3 is 24.3 Å². The number of rotatable bonds is 5. The molecule has 4 rings (SSSR count). The van der Waals surface area contributed by atoms with Gasteiger partial charge in [-0.15, -0.1) is 10.2 Å². The molecular weight excluding hydrogens is 358 g/mol. The van der Waals surface area contributed by atoms with Gasteiger partial charge in [0, 0.05) is 32.1 Å². The Morgan fingerprint density at radius 2 is 2.18 bits per heavy atom. The van der Waals surface area contributed by atoms with Crippen LogP contribution in [0.3, 0.4) is 0 Å². The molecule has 1 saturated heterocycles. The summed E-state index contributed by atoms with van der Waals surface area (Å²) in [6.45, 7) is 6.00. The van der Waals surface area contributed by atoms with Gasteiger partial charge in [-0.3, -0.25) is 4.79 Å². The molecule has 1 atom stereocenters. The molecule has 1 aromatic heterocycles. The molecule has 8 nitrogen and oxygen atoms in total. The zero-order valence-electron chi connectivity index (χ0n) is 16.5. The molecule has 28 heavy (non-hydrogen) atoms. The topological polar surface area (TPSA) is 81.5 Å². The number of methoxy groups -OCH3 is 1. The fourth-order valence-electron chi connectivity index (χ4n) is 3.96. The normalized spacial score (nSPS) is 19.2. The summed E-state index contributed by atoms with van der Waals surface area (Å²) in [5, 5.41) is 12.1. The Morgan fingerprint density at radius 3 is 3.04 bits per heavy atom. The third-order valence-corrected chi connectivity index (χ3v) is 5.46.